The summed E-state index contributed by atoms with van der Waals surface area (Å²) >= 11 is 0. The number of nitrogens with zero attached hydrogens (tertiary/aromatic N) is 1. The molecule has 68 valence electrons. The summed E-state index contributed by atoms with van der Waals surface area (Å²) in [6.07, 6.45) is 1.26. The van der Waals surface area contributed by atoms with E-state index in [4.69, 9.17) is 4.65 Å². The summed E-state index contributed by atoms with van der Waals surface area (Å²) < 4.78 is 4.77. The molecule has 0 aliphatic carbocycles. The summed E-state index contributed by atoms with van der Waals surface area (Å²) in [5.41, 5.74) is 1.49. The molecular weight excluding hydrogens is 165 g/mol. The number of para-hydroxylation sites is 1. The third-order valence-corrected chi connectivity index (χ3v) is 1.58. The highest BCUT2D eigenvalue weighted by atomic mass is 16.5. The van der Waals surface area contributed by atoms with Crippen molar-refractivity contribution in [2.24, 2.45) is 4.99 Å². The number of rotatable bonds is 0. The van der Waals surface area contributed by atoms with Crippen LogP contribution in [0.3, 0.4) is 0 Å². The summed E-state index contributed by atoms with van der Waals surface area (Å²) in [7, 11) is -0.858. The Bertz CT molecular complexity index is 301. The Morgan fingerprint density at radius 1 is 1.31 bits per heavy atom. The first-order valence-corrected chi connectivity index (χ1v) is 4.33. The molecule has 1 heterocycles. The zero-order valence-electron chi connectivity index (χ0n) is 7.77. The Morgan fingerprint density at radius 3 is 2.69 bits per heavy atom. The predicted molar refractivity (Wildman–Crippen MR) is 54.6 cm³/mol. The molecule has 4 heteroatoms. The molecular formula is C9H12BNO2. The van der Waals surface area contributed by atoms with E-state index in [2.05, 4.69) is 4.99 Å². The quantitative estimate of drug-likeness (QED) is 0.602. The van der Waals surface area contributed by atoms with Crippen molar-refractivity contribution in [3.8, 4) is 0 Å². The van der Waals surface area contributed by atoms with Gasteiger partial charge in [0, 0.05) is 5.46 Å². The zero-order valence-corrected chi connectivity index (χ0v) is 7.77. The second kappa shape index (κ2) is 4.67. The Kier molecular flexibility index (Phi) is 3.52. The van der Waals surface area contributed by atoms with Gasteiger partial charge < -0.3 is 9.68 Å². The van der Waals surface area contributed by atoms with E-state index in [-0.39, 0.29) is 0 Å². The lowest BCUT2D eigenvalue weighted by molar-refractivity contribution is 0.435. The van der Waals surface area contributed by atoms with E-state index in [0.29, 0.717) is 0 Å². The third-order valence-electron chi connectivity index (χ3n) is 1.58. The van der Waals surface area contributed by atoms with Gasteiger partial charge in [-0.15, -0.1) is 0 Å². The molecule has 2 rings (SSSR count). The molecule has 0 unspecified atom stereocenters. The number of aliphatic imine (C=N–C) groups is 1. The monoisotopic (exact) mass is 177 g/mol. The summed E-state index contributed by atoms with van der Waals surface area (Å²) in [5, 5.41) is 9.25. The molecule has 0 radical (unpaired) electrons. The maximum Gasteiger partial charge on any atom is 0.562 e. The topological polar surface area (TPSA) is 41.8 Å². The number of hydrogen-bond donors (Lipinski definition) is 1. The molecule has 1 N–H and O–H groups in total. The molecule has 3 nitrogen and oxygen atoms in total. The molecule has 0 aromatic heterocycles. The van der Waals surface area contributed by atoms with Crippen molar-refractivity contribution < 1.29 is 9.68 Å². The predicted octanol–water partition coefficient (Wildman–Crippen LogP) is 1.09. The summed E-state index contributed by atoms with van der Waals surface area (Å²) in [6.45, 7) is 4.00. The van der Waals surface area contributed by atoms with Gasteiger partial charge in [-0.2, -0.15) is 0 Å². The Balaban J connectivity index is 0.000000396. The van der Waals surface area contributed by atoms with Gasteiger partial charge in [0.25, 0.3) is 0 Å². The SMILES string of the molecule is CC.OB1OC=Nc2ccccc21. The van der Waals surface area contributed by atoms with Crippen LogP contribution in [0.15, 0.2) is 29.3 Å². The van der Waals surface area contributed by atoms with Crippen molar-refractivity contribution in [1.82, 2.24) is 0 Å². The number of fused-ring (bicyclic) bond motifs is 1. The lowest BCUT2D eigenvalue weighted by Gasteiger charge is -2.11. The number of benzene rings is 1. The van der Waals surface area contributed by atoms with E-state index in [1.54, 1.807) is 6.07 Å². The van der Waals surface area contributed by atoms with Crippen molar-refractivity contribution in [3.63, 3.8) is 0 Å². The second-order valence-corrected chi connectivity index (χ2v) is 2.28. The minimum atomic E-state index is -0.858. The Morgan fingerprint density at radius 2 is 2.00 bits per heavy atom. The minimum Gasteiger partial charge on any atom is -0.524 e. The van der Waals surface area contributed by atoms with Crippen molar-refractivity contribution >= 4 is 24.7 Å². The average molecular weight is 177 g/mol. The van der Waals surface area contributed by atoms with Crippen LogP contribution in [0.25, 0.3) is 0 Å². The fourth-order valence-electron chi connectivity index (χ4n) is 1.03. The van der Waals surface area contributed by atoms with Crippen molar-refractivity contribution in [2.45, 2.75) is 13.8 Å². The molecule has 0 spiro atoms. The molecule has 1 aliphatic rings. The lowest BCUT2D eigenvalue weighted by atomic mass is 9.78. The maximum absolute atomic E-state index is 9.25. The average Bonchev–Trinajstić information content (AvgIpc) is 2.22. The van der Waals surface area contributed by atoms with Gasteiger partial charge in [0.1, 0.15) is 0 Å². The van der Waals surface area contributed by atoms with Crippen molar-refractivity contribution in [2.75, 3.05) is 0 Å². The van der Waals surface area contributed by atoms with E-state index < -0.39 is 7.12 Å². The van der Waals surface area contributed by atoms with E-state index in [9.17, 15) is 5.02 Å². The van der Waals surface area contributed by atoms with Crippen LogP contribution in [0, 0.1) is 0 Å². The molecule has 0 fully saturated rings. The highest BCUT2D eigenvalue weighted by Gasteiger charge is 2.23. The normalized spacial score (nSPS) is 12.4. The summed E-state index contributed by atoms with van der Waals surface area (Å²) in [6, 6.07) is 7.33. The van der Waals surface area contributed by atoms with Crippen LogP contribution in [0.2, 0.25) is 0 Å². The zero-order chi connectivity index (χ0) is 9.68. The van der Waals surface area contributed by atoms with Crippen LogP contribution in [-0.2, 0) is 4.65 Å². The first-order valence-electron chi connectivity index (χ1n) is 4.33. The standard InChI is InChI=1S/C7H6BNO2.C2H6/c10-8-6-3-1-2-4-7(6)9-5-11-8;1-2/h1-5,10H;1-2H3. The molecule has 0 bridgehead atoms. The fraction of sp³-hybridized carbons (Fsp3) is 0.222. The Labute approximate surface area is 78.2 Å². The highest BCUT2D eigenvalue weighted by molar-refractivity contribution is 6.63. The molecule has 0 amide bonds. The van der Waals surface area contributed by atoms with Crippen LogP contribution in [0.1, 0.15) is 13.8 Å². The van der Waals surface area contributed by atoms with E-state index in [0.717, 1.165) is 11.2 Å². The van der Waals surface area contributed by atoms with Gasteiger partial charge >= 0.3 is 7.12 Å². The van der Waals surface area contributed by atoms with Gasteiger partial charge in [-0.1, -0.05) is 32.0 Å². The first kappa shape index (κ1) is 9.80. The molecule has 0 saturated heterocycles. The van der Waals surface area contributed by atoms with Gasteiger partial charge in [0.05, 0.1) is 5.69 Å². The molecule has 13 heavy (non-hydrogen) atoms. The molecule has 0 saturated carbocycles. The van der Waals surface area contributed by atoms with Gasteiger partial charge in [0.2, 0.25) is 0 Å². The Hall–Kier alpha value is -1.29. The van der Waals surface area contributed by atoms with E-state index in [1.807, 2.05) is 32.0 Å². The van der Waals surface area contributed by atoms with E-state index >= 15 is 0 Å². The molecule has 1 aromatic rings. The van der Waals surface area contributed by atoms with Crippen LogP contribution < -0.4 is 5.46 Å². The first-order chi connectivity index (χ1) is 6.38. The molecule has 1 aliphatic heterocycles. The summed E-state index contributed by atoms with van der Waals surface area (Å²) in [5.74, 6) is 0. The summed E-state index contributed by atoms with van der Waals surface area (Å²) in [4.78, 5) is 3.94. The van der Waals surface area contributed by atoms with Gasteiger partial charge in [-0.25, -0.2) is 4.99 Å². The van der Waals surface area contributed by atoms with Crippen LogP contribution in [-0.4, -0.2) is 18.5 Å². The highest BCUT2D eigenvalue weighted by Crippen LogP contribution is 2.10. The van der Waals surface area contributed by atoms with Gasteiger partial charge in [0.15, 0.2) is 6.40 Å². The molecule has 1 aromatic carbocycles. The second-order valence-electron chi connectivity index (χ2n) is 2.28. The maximum atomic E-state index is 9.25. The van der Waals surface area contributed by atoms with Crippen LogP contribution in [0.5, 0.6) is 0 Å². The smallest absolute Gasteiger partial charge is 0.524 e. The van der Waals surface area contributed by atoms with E-state index in [1.165, 1.54) is 6.40 Å². The minimum absolute atomic E-state index is 0.718. The lowest BCUT2D eigenvalue weighted by Crippen LogP contribution is -2.35. The third kappa shape index (κ3) is 2.09. The van der Waals surface area contributed by atoms with Crippen molar-refractivity contribution in [3.05, 3.63) is 24.3 Å². The van der Waals surface area contributed by atoms with Gasteiger partial charge in [-0.3, -0.25) is 0 Å². The van der Waals surface area contributed by atoms with Gasteiger partial charge in [-0.05, 0) is 6.07 Å². The largest absolute Gasteiger partial charge is 0.562 e. The number of hydrogen-bond acceptors (Lipinski definition) is 3. The van der Waals surface area contributed by atoms with Crippen LogP contribution >= 0.6 is 0 Å². The molecule has 0 atom stereocenters. The van der Waals surface area contributed by atoms with Crippen LogP contribution in [0.4, 0.5) is 5.69 Å². The van der Waals surface area contributed by atoms with Crippen molar-refractivity contribution in [1.29, 1.82) is 0 Å². The fourth-order valence-corrected chi connectivity index (χ4v) is 1.03.